The molecule has 4 rings (SSSR count). The van der Waals surface area contributed by atoms with Crippen LogP contribution >= 0.6 is 0 Å². The summed E-state index contributed by atoms with van der Waals surface area (Å²) in [6.07, 6.45) is 0. The van der Waals surface area contributed by atoms with E-state index < -0.39 is 18.0 Å². The van der Waals surface area contributed by atoms with E-state index in [0.29, 0.717) is 17.0 Å². The van der Waals surface area contributed by atoms with Gasteiger partial charge in [-0.05, 0) is 37.1 Å². The summed E-state index contributed by atoms with van der Waals surface area (Å²) in [5, 5.41) is 5.62. The number of nitrogens with one attached hydrogen (secondary N) is 2. The molecule has 0 radical (unpaired) electrons. The summed E-state index contributed by atoms with van der Waals surface area (Å²) in [6, 6.07) is 13.8. The molecule has 2 aromatic rings. The molecule has 7 nitrogen and oxygen atoms in total. The number of para-hydroxylation sites is 1. The van der Waals surface area contributed by atoms with E-state index in [-0.39, 0.29) is 19.1 Å². The van der Waals surface area contributed by atoms with Crippen LogP contribution < -0.4 is 10.6 Å². The molecule has 0 saturated carbocycles. The minimum Gasteiger partial charge on any atom is -0.456 e. The fraction of sp³-hybridized carbons (Fsp3) is 0.227. The van der Waals surface area contributed by atoms with Crippen molar-refractivity contribution in [2.24, 2.45) is 0 Å². The monoisotopic (exact) mass is 391 g/mol. The lowest BCUT2D eigenvalue weighted by Gasteiger charge is -2.33. The molecule has 2 aliphatic rings. The summed E-state index contributed by atoms with van der Waals surface area (Å²) >= 11 is 0. The van der Waals surface area contributed by atoms with Crippen molar-refractivity contribution in [2.45, 2.75) is 19.9 Å². The Labute approximate surface area is 168 Å². The lowest BCUT2D eigenvalue weighted by molar-refractivity contribution is -0.136. The normalized spacial score (nSPS) is 18.3. The van der Waals surface area contributed by atoms with Gasteiger partial charge in [-0.3, -0.25) is 9.69 Å². The van der Waals surface area contributed by atoms with Gasteiger partial charge >= 0.3 is 12.0 Å². The maximum Gasteiger partial charge on any atom is 0.338 e. The van der Waals surface area contributed by atoms with Gasteiger partial charge in [-0.25, -0.2) is 9.59 Å². The molecule has 2 heterocycles. The number of carbonyl (C=O) groups excluding carboxylic acids is 3. The molecule has 2 aliphatic heterocycles. The molecule has 29 heavy (non-hydrogen) atoms. The van der Waals surface area contributed by atoms with Crippen molar-refractivity contribution in [3.63, 3.8) is 0 Å². The number of urea groups is 1. The van der Waals surface area contributed by atoms with E-state index in [2.05, 4.69) is 10.6 Å². The second-order valence-corrected chi connectivity index (χ2v) is 7.18. The standard InChI is InChI=1S/C22H21N3O4/c1-13-8-9-14(2)16(10-13)20-19-17(12-29-21(19)27)25(22(28)24-20)11-18(26)23-15-6-4-3-5-7-15/h3-10,20H,11-12H2,1-2H3,(H,23,26)(H,24,28). The number of cyclic esters (lactones) is 1. The van der Waals surface area contributed by atoms with Crippen LogP contribution in [-0.4, -0.2) is 36.0 Å². The molecule has 0 aliphatic carbocycles. The summed E-state index contributed by atoms with van der Waals surface area (Å²) in [6.45, 7) is 3.65. The van der Waals surface area contributed by atoms with Gasteiger partial charge in [-0.1, -0.05) is 42.0 Å². The fourth-order valence-electron chi connectivity index (χ4n) is 3.65. The Hall–Kier alpha value is -3.61. The van der Waals surface area contributed by atoms with Gasteiger partial charge in [0, 0.05) is 5.69 Å². The van der Waals surface area contributed by atoms with Gasteiger partial charge in [0.05, 0.1) is 17.3 Å². The molecule has 7 heteroatoms. The van der Waals surface area contributed by atoms with Crippen LogP contribution in [0, 0.1) is 13.8 Å². The molecule has 0 fully saturated rings. The molecule has 0 bridgehead atoms. The molecule has 3 amide bonds. The number of nitrogens with zero attached hydrogens (tertiary/aromatic N) is 1. The van der Waals surface area contributed by atoms with E-state index in [1.807, 2.05) is 50.2 Å². The number of amides is 3. The van der Waals surface area contributed by atoms with Crippen LogP contribution in [0.15, 0.2) is 59.8 Å². The second-order valence-electron chi connectivity index (χ2n) is 7.18. The summed E-state index contributed by atoms with van der Waals surface area (Å²) in [5.74, 6) is -0.831. The number of carbonyl (C=O) groups is 3. The molecule has 2 aromatic carbocycles. The molecule has 1 unspecified atom stereocenters. The van der Waals surface area contributed by atoms with Gasteiger partial charge < -0.3 is 15.4 Å². The maximum absolute atomic E-state index is 12.8. The van der Waals surface area contributed by atoms with E-state index in [4.69, 9.17) is 4.74 Å². The smallest absolute Gasteiger partial charge is 0.338 e. The third-order valence-corrected chi connectivity index (χ3v) is 5.10. The number of rotatable bonds is 4. The highest BCUT2D eigenvalue weighted by molar-refractivity contribution is 6.00. The van der Waals surface area contributed by atoms with Crippen LogP contribution in [-0.2, 0) is 14.3 Å². The molecular formula is C22H21N3O4. The third kappa shape index (κ3) is 3.59. The summed E-state index contributed by atoms with van der Waals surface area (Å²) in [5.41, 5.74) is 4.29. The Morgan fingerprint density at radius 1 is 1.17 bits per heavy atom. The topological polar surface area (TPSA) is 87.7 Å². The van der Waals surface area contributed by atoms with E-state index in [1.54, 1.807) is 12.1 Å². The van der Waals surface area contributed by atoms with Crippen LogP contribution in [0.2, 0.25) is 0 Å². The quantitative estimate of drug-likeness (QED) is 0.785. The molecule has 148 valence electrons. The number of aryl methyl sites for hydroxylation is 2. The first-order chi connectivity index (χ1) is 13.9. The molecule has 2 N–H and O–H groups in total. The number of hydrogen-bond donors (Lipinski definition) is 2. The van der Waals surface area contributed by atoms with Gasteiger partial charge in [-0.15, -0.1) is 0 Å². The minimum absolute atomic E-state index is 0.0262. The Kier molecular flexibility index (Phi) is 4.80. The summed E-state index contributed by atoms with van der Waals surface area (Å²) in [7, 11) is 0. The first kappa shape index (κ1) is 18.7. The molecule has 1 atom stereocenters. The first-order valence-corrected chi connectivity index (χ1v) is 9.34. The average molecular weight is 391 g/mol. The Morgan fingerprint density at radius 3 is 2.69 bits per heavy atom. The maximum atomic E-state index is 12.8. The third-order valence-electron chi connectivity index (χ3n) is 5.10. The molecular weight excluding hydrogens is 370 g/mol. The number of benzene rings is 2. The number of hydrogen-bond acceptors (Lipinski definition) is 4. The van der Waals surface area contributed by atoms with E-state index >= 15 is 0 Å². The zero-order valence-corrected chi connectivity index (χ0v) is 16.2. The SMILES string of the molecule is Cc1ccc(C)c(C2NC(=O)N(CC(=O)Nc3ccccc3)C3=C2C(=O)OC3)c1. The van der Waals surface area contributed by atoms with Crippen molar-refractivity contribution < 1.29 is 19.1 Å². The van der Waals surface area contributed by atoms with Crippen LogP contribution in [0.25, 0.3) is 0 Å². The molecule has 0 spiro atoms. The zero-order chi connectivity index (χ0) is 20.5. The van der Waals surface area contributed by atoms with Gasteiger partial charge in [0.2, 0.25) is 5.91 Å². The average Bonchev–Trinajstić information content (AvgIpc) is 3.08. The highest BCUT2D eigenvalue weighted by Gasteiger charge is 2.43. The Bertz CT molecular complexity index is 1030. The van der Waals surface area contributed by atoms with Crippen molar-refractivity contribution in [3.05, 3.63) is 76.5 Å². The van der Waals surface area contributed by atoms with Crippen LogP contribution in [0.5, 0.6) is 0 Å². The highest BCUT2D eigenvalue weighted by atomic mass is 16.5. The largest absolute Gasteiger partial charge is 0.456 e. The van der Waals surface area contributed by atoms with Crippen LogP contribution in [0.1, 0.15) is 22.7 Å². The van der Waals surface area contributed by atoms with E-state index in [0.717, 1.165) is 16.7 Å². The number of anilines is 1. The van der Waals surface area contributed by atoms with Crippen molar-refractivity contribution in [2.75, 3.05) is 18.5 Å². The fourth-order valence-corrected chi connectivity index (χ4v) is 3.65. The lowest BCUT2D eigenvalue weighted by atomic mass is 9.91. The van der Waals surface area contributed by atoms with Crippen molar-refractivity contribution >= 4 is 23.6 Å². The van der Waals surface area contributed by atoms with Crippen molar-refractivity contribution in [1.82, 2.24) is 10.2 Å². The highest BCUT2D eigenvalue weighted by Crippen LogP contribution is 2.36. The Morgan fingerprint density at radius 2 is 1.93 bits per heavy atom. The van der Waals surface area contributed by atoms with Crippen LogP contribution in [0.3, 0.4) is 0 Å². The predicted octanol–water partition coefficient (Wildman–Crippen LogP) is 2.82. The van der Waals surface area contributed by atoms with Gasteiger partial charge in [0.25, 0.3) is 0 Å². The van der Waals surface area contributed by atoms with Crippen molar-refractivity contribution in [3.8, 4) is 0 Å². The number of esters is 1. The minimum atomic E-state index is -0.596. The van der Waals surface area contributed by atoms with Crippen LogP contribution in [0.4, 0.5) is 10.5 Å². The molecule has 0 aromatic heterocycles. The summed E-state index contributed by atoms with van der Waals surface area (Å²) < 4.78 is 5.22. The Balaban J connectivity index is 1.64. The predicted molar refractivity (Wildman–Crippen MR) is 107 cm³/mol. The van der Waals surface area contributed by atoms with Gasteiger partial charge in [-0.2, -0.15) is 0 Å². The van der Waals surface area contributed by atoms with Gasteiger partial charge in [0.15, 0.2) is 0 Å². The molecule has 0 saturated heterocycles. The van der Waals surface area contributed by atoms with E-state index in [1.165, 1.54) is 4.90 Å². The first-order valence-electron chi connectivity index (χ1n) is 9.34. The van der Waals surface area contributed by atoms with Crippen molar-refractivity contribution in [1.29, 1.82) is 0 Å². The van der Waals surface area contributed by atoms with E-state index in [9.17, 15) is 14.4 Å². The zero-order valence-electron chi connectivity index (χ0n) is 16.2. The number of ether oxygens (including phenoxy) is 1. The van der Waals surface area contributed by atoms with Gasteiger partial charge in [0.1, 0.15) is 13.2 Å². The summed E-state index contributed by atoms with van der Waals surface area (Å²) in [4.78, 5) is 39.0. The second kappa shape index (κ2) is 7.43. The lowest BCUT2D eigenvalue weighted by Crippen LogP contribution is -2.49.